The minimum atomic E-state index is -1.01. The number of carbonyl (C=O) groups excluding carboxylic acids is 4. The molecule has 7 heterocycles. The number of halogens is 1. The Labute approximate surface area is 357 Å². The zero-order valence-electron chi connectivity index (χ0n) is 33.9. The van der Waals surface area contributed by atoms with Crippen LogP contribution in [0.25, 0.3) is 16.8 Å². The van der Waals surface area contributed by atoms with Crippen molar-refractivity contribution in [2.75, 3.05) is 25.0 Å². The number of aryl methyl sites for hydroxylation is 2. The molecule has 2 aromatic carbocycles. The van der Waals surface area contributed by atoms with Gasteiger partial charge in [-0.05, 0) is 94.3 Å². The Balaban J connectivity index is 0.707. The van der Waals surface area contributed by atoms with E-state index in [1.807, 2.05) is 42.1 Å². The number of piperidine rings is 2. The Hall–Kier alpha value is -6.06. The van der Waals surface area contributed by atoms with E-state index in [4.69, 9.17) is 21.7 Å². The van der Waals surface area contributed by atoms with E-state index in [0.29, 0.717) is 10.8 Å². The Morgan fingerprint density at radius 2 is 1.62 bits per heavy atom. The number of likely N-dealkylation sites (tertiary alicyclic amines) is 1. The summed E-state index contributed by atoms with van der Waals surface area (Å²) in [6.45, 7) is 5.73. The van der Waals surface area contributed by atoms with Crippen LogP contribution in [-0.4, -0.2) is 100 Å². The molecule has 312 valence electrons. The lowest BCUT2D eigenvalue weighted by atomic mass is 9.96. The number of hydrogen-bond donors (Lipinski definition) is 2. The van der Waals surface area contributed by atoms with Crippen molar-refractivity contribution in [1.82, 2.24) is 44.6 Å². The van der Waals surface area contributed by atoms with Crippen LogP contribution in [0.4, 0.5) is 5.82 Å². The first kappa shape index (κ1) is 39.1. The number of benzene rings is 2. The van der Waals surface area contributed by atoms with E-state index < -0.39 is 29.7 Å². The van der Waals surface area contributed by atoms with Gasteiger partial charge >= 0.3 is 0 Å². The van der Waals surface area contributed by atoms with Crippen molar-refractivity contribution in [3.63, 3.8) is 0 Å². The van der Waals surface area contributed by atoms with Crippen LogP contribution in [0.1, 0.15) is 108 Å². The highest BCUT2D eigenvalue weighted by Crippen LogP contribution is 2.52. The molecular weight excluding hydrogens is 794 g/mol. The van der Waals surface area contributed by atoms with E-state index in [1.165, 1.54) is 12.3 Å². The Morgan fingerprint density at radius 1 is 0.852 bits per heavy atom. The Kier molecular flexibility index (Phi) is 10.1. The minimum Gasteiger partial charge on any atom is -0.367 e. The van der Waals surface area contributed by atoms with Gasteiger partial charge in [0.2, 0.25) is 11.8 Å². The summed E-state index contributed by atoms with van der Waals surface area (Å²) in [4.78, 5) is 64.1. The van der Waals surface area contributed by atoms with Gasteiger partial charge in [0, 0.05) is 66.2 Å². The van der Waals surface area contributed by atoms with Crippen molar-refractivity contribution in [2.45, 2.75) is 95.3 Å². The predicted molar refractivity (Wildman–Crippen MR) is 228 cm³/mol. The maximum Gasteiger partial charge on any atom is 0.266 e. The molecule has 4 amide bonds. The van der Waals surface area contributed by atoms with Crippen LogP contribution >= 0.6 is 11.6 Å². The zero-order chi connectivity index (χ0) is 41.8. The van der Waals surface area contributed by atoms with Crippen molar-refractivity contribution in [3.05, 3.63) is 106 Å². The number of anilines is 1. The monoisotopic (exact) mass is 839 g/mol. The van der Waals surface area contributed by atoms with E-state index in [9.17, 15) is 19.2 Å². The van der Waals surface area contributed by atoms with Gasteiger partial charge in [0.05, 0.1) is 28.7 Å². The van der Waals surface area contributed by atoms with Gasteiger partial charge in [-0.3, -0.25) is 43.6 Å². The molecule has 5 aromatic rings. The number of amides is 4. The maximum absolute atomic E-state index is 13.5. The first-order valence-electron chi connectivity index (χ1n) is 21.3. The smallest absolute Gasteiger partial charge is 0.266 e. The summed E-state index contributed by atoms with van der Waals surface area (Å²) in [7, 11) is 0. The van der Waals surface area contributed by atoms with E-state index in [0.717, 1.165) is 128 Å². The first-order chi connectivity index (χ1) is 29.7. The number of hydrogen-bond acceptors (Lipinski definition) is 11. The van der Waals surface area contributed by atoms with Crippen molar-refractivity contribution in [2.24, 2.45) is 4.99 Å². The number of aliphatic imine (C=N–C) groups is 1. The number of fused-ring (bicyclic) bond motifs is 5. The van der Waals surface area contributed by atoms with Crippen LogP contribution < -0.4 is 10.6 Å². The van der Waals surface area contributed by atoms with Gasteiger partial charge in [-0.1, -0.05) is 42.6 Å². The molecule has 1 aliphatic carbocycles. The molecule has 1 spiro atoms. The normalized spacial score (nSPS) is 19.7. The SMILES string of the molecule is Cc1nnc2n1-c1ccc(-c3cnn(CCCCCCN4CCC(Nc5nccc6c5C(=O)N(C5CCC(=O)NC5=O)C6=O)CC4)c3)cc1C(c1ccc(Cl)cc1)=NC21CC1. The van der Waals surface area contributed by atoms with Crippen LogP contribution in [-0.2, 0) is 21.7 Å². The van der Waals surface area contributed by atoms with Gasteiger partial charge in [-0.15, -0.1) is 10.2 Å². The molecule has 4 aliphatic heterocycles. The molecule has 10 rings (SSSR count). The molecule has 0 bridgehead atoms. The van der Waals surface area contributed by atoms with Gasteiger partial charge in [0.15, 0.2) is 5.82 Å². The van der Waals surface area contributed by atoms with E-state index in [2.05, 4.69) is 59.7 Å². The zero-order valence-corrected chi connectivity index (χ0v) is 34.7. The van der Waals surface area contributed by atoms with Crippen molar-refractivity contribution >= 4 is 46.8 Å². The van der Waals surface area contributed by atoms with Crippen LogP contribution in [0, 0.1) is 6.92 Å². The number of unbranched alkanes of at least 4 members (excludes halogenated alkanes) is 3. The molecule has 61 heavy (non-hydrogen) atoms. The number of aromatic nitrogens is 6. The summed E-state index contributed by atoms with van der Waals surface area (Å²) < 4.78 is 4.22. The molecule has 15 nitrogen and oxygen atoms in total. The highest BCUT2D eigenvalue weighted by atomic mass is 35.5. The van der Waals surface area contributed by atoms with Crippen molar-refractivity contribution in [1.29, 1.82) is 0 Å². The molecule has 2 saturated heterocycles. The molecule has 16 heteroatoms. The predicted octanol–water partition coefficient (Wildman–Crippen LogP) is 5.87. The maximum atomic E-state index is 13.5. The quantitative estimate of drug-likeness (QED) is 0.114. The van der Waals surface area contributed by atoms with E-state index in [-0.39, 0.29) is 35.5 Å². The second-order valence-corrected chi connectivity index (χ2v) is 17.3. The molecular formula is C45H46ClN11O4. The molecule has 1 saturated carbocycles. The largest absolute Gasteiger partial charge is 0.367 e. The van der Waals surface area contributed by atoms with Crippen LogP contribution in [0.15, 0.2) is 72.1 Å². The number of rotatable bonds is 12. The average molecular weight is 840 g/mol. The third-order valence-electron chi connectivity index (χ3n) is 12.8. The van der Waals surface area contributed by atoms with E-state index >= 15 is 0 Å². The number of imide groups is 2. The summed E-state index contributed by atoms with van der Waals surface area (Å²) in [5.74, 6) is 0.0242. The molecule has 3 aromatic heterocycles. The number of pyridine rings is 1. The molecule has 2 N–H and O–H groups in total. The summed E-state index contributed by atoms with van der Waals surface area (Å²) >= 11 is 6.29. The lowest BCUT2D eigenvalue weighted by Gasteiger charge is -2.32. The summed E-state index contributed by atoms with van der Waals surface area (Å²) in [6.07, 6.45) is 13.8. The lowest BCUT2D eigenvalue weighted by Crippen LogP contribution is -2.54. The van der Waals surface area contributed by atoms with Gasteiger partial charge < -0.3 is 10.2 Å². The molecule has 0 radical (unpaired) electrons. The minimum absolute atomic E-state index is 0.0776. The summed E-state index contributed by atoms with van der Waals surface area (Å²) in [6, 6.07) is 15.1. The average Bonchev–Trinajstić information content (AvgIpc) is 3.60. The summed E-state index contributed by atoms with van der Waals surface area (Å²) in [5.41, 5.74) is 6.23. The van der Waals surface area contributed by atoms with Gasteiger partial charge in [-0.2, -0.15) is 5.10 Å². The number of nitrogens with one attached hydrogen (secondary N) is 2. The number of carbonyl (C=O) groups is 4. The standard InChI is InChI=1S/C45H46ClN11O4/c1-27-52-53-44-45(17-18-45)51-39(28-6-9-31(46)10-7-28)34-24-29(8-11-35(34)56(27)44)30-25-48-55(26-30)21-5-3-2-4-20-54-22-15-32(16-23-54)49-40-38-33(14-19-47-40)42(60)57(43(38)61)36-12-13-37(58)50-41(36)59/h6-11,14,19,24-26,32,36H,2-5,12-13,15-18,20-23H2,1H3,(H,47,49)(H,50,58,59). The van der Waals surface area contributed by atoms with E-state index in [1.54, 1.807) is 0 Å². The molecule has 3 fully saturated rings. The second-order valence-electron chi connectivity index (χ2n) is 16.8. The van der Waals surface area contributed by atoms with Crippen LogP contribution in [0.5, 0.6) is 0 Å². The Bertz CT molecular complexity index is 2600. The fourth-order valence-corrected chi connectivity index (χ4v) is 9.40. The molecule has 5 aliphatic rings. The topological polar surface area (TPSA) is 173 Å². The van der Waals surface area contributed by atoms with Crippen LogP contribution in [0.3, 0.4) is 0 Å². The van der Waals surface area contributed by atoms with Crippen LogP contribution in [0.2, 0.25) is 5.02 Å². The highest BCUT2D eigenvalue weighted by molar-refractivity contribution is 6.30. The fourth-order valence-electron chi connectivity index (χ4n) is 9.27. The third-order valence-corrected chi connectivity index (χ3v) is 13.0. The fraction of sp³-hybridized carbons (Fsp3) is 0.400. The third kappa shape index (κ3) is 7.33. The summed E-state index contributed by atoms with van der Waals surface area (Å²) in [5, 5.41) is 20.2. The lowest BCUT2D eigenvalue weighted by molar-refractivity contribution is -0.136. The van der Waals surface area contributed by atoms with Crippen molar-refractivity contribution in [3.8, 4) is 16.8 Å². The van der Waals surface area contributed by atoms with Crippen molar-refractivity contribution < 1.29 is 19.2 Å². The number of nitrogens with zero attached hydrogens (tertiary/aromatic N) is 9. The Morgan fingerprint density at radius 3 is 2.39 bits per heavy atom. The van der Waals surface area contributed by atoms with Gasteiger partial charge in [0.25, 0.3) is 11.8 Å². The first-order valence-corrected chi connectivity index (χ1v) is 21.7. The highest BCUT2D eigenvalue weighted by Gasteiger charge is 2.51. The van der Waals surface area contributed by atoms with Gasteiger partial charge in [0.1, 0.15) is 23.2 Å². The second kappa shape index (κ2) is 15.8. The van der Waals surface area contributed by atoms with Gasteiger partial charge in [-0.25, -0.2) is 4.98 Å². The molecule has 1 atom stereocenters. The molecule has 1 unspecified atom stereocenters.